The number of ether oxygens (including phenoxy) is 3. The number of nitrogens with one attached hydrogen (secondary N) is 2. The molecule has 7 nitrogen and oxygen atoms in total. The molecule has 0 bridgehead atoms. The molecular weight excluding hydrogens is 370 g/mol. The van der Waals surface area contributed by atoms with Crippen molar-refractivity contribution in [2.24, 2.45) is 5.10 Å². The summed E-state index contributed by atoms with van der Waals surface area (Å²) < 4.78 is 17.0. The van der Waals surface area contributed by atoms with E-state index in [1.165, 1.54) is 0 Å². The fourth-order valence-corrected chi connectivity index (χ4v) is 2.95. The zero-order chi connectivity index (χ0) is 20.6. The summed E-state index contributed by atoms with van der Waals surface area (Å²) in [5.41, 5.74) is 4.82. The van der Waals surface area contributed by atoms with Gasteiger partial charge in [0.1, 0.15) is 0 Å². The van der Waals surface area contributed by atoms with Crippen LogP contribution in [0.3, 0.4) is 0 Å². The maximum Gasteiger partial charge on any atom is 0.271 e. The van der Waals surface area contributed by atoms with Crippen LogP contribution >= 0.6 is 0 Å². The van der Waals surface area contributed by atoms with E-state index < -0.39 is 0 Å². The van der Waals surface area contributed by atoms with Gasteiger partial charge in [-0.2, -0.15) is 5.10 Å². The van der Waals surface area contributed by atoms with Crippen molar-refractivity contribution in [2.75, 3.05) is 19.8 Å². The zero-order valence-electron chi connectivity index (χ0n) is 16.8. The summed E-state index contributed by atoms with van der Waals surface area (Å²) in [4.78, 5) is 15.8. The Hall–Kier alpha value is -3.48. The number of rotatable bonds is 9. The number of aromatic amines is 1. The molecule has 0 saturated heterocycles. The molecule has 0 aliphatic rings. The quantitative estimate of drug-likeness (QED) is 0.421. The van der Waals surface area contributed by atoms with E-state index in [2.05, 4.69) is 15.5 Å². The first-order valence-electron chi connectivity index (χ1n) is 9.63. The summed E-state index contributed by atoms with van der Waals surface area (Å²) >= 11 is 0. The highest BCUT2D eigenvalue weighted by Crippen LogP contribution is 2.39. The highest BCUT2D eigenvalue weighted by Gasteiger charge is 2.18. The minimum atomic E-state index is -0.369. The first-order chi connectivity index (χ1) is 14.2. The summed E-state index contributed by atoms with van der Waals surface area (Å²) in [7, 11) is 0. The van der Waals surface area contributed by atoms with Crippen LogP contribution in [0.15, 0.2) is 47.7 Å². The number of hydrogen-bond donors (Lipinski definition) is 2. The SMILES string of the molecule is CCOc1cc(C(=O)NN=Cc2c[nH]c3ccccc23)cc(OCC)c1OCC. The van der Waals surface area contributed by atoms with Crippen LogP contribution in [0.5, 0.6) is 17.2 Å². The Morgan fingerprint density at radius 3 is 2.34 bits per heavy atom. The van der Waals surface area contributed by atoms with Gasteiger partial charge in [0.25, 0.3) is 5.91 Å². The van der Waals surface area contributed by atoms with E-state index in [9.17, 15) is 4.79 Å². The molecule has 152 valence electrons. The van der Waals surface area contributed by atoms with Gasteiger partial charge in [-0.25, -0.2) is 5.43 Å². The minimum absolute atomic E-state index is 0.369. The number of carbonyl (C=O) groups is 1. The van der Waals surface area contributed by atoms with E-state index in [0.29, 0.717) is 42.6 Å². The van der Waals surface area contributed by atoms with Crippen molar-refractivity contribution in [3.05, 3.63) is 53.7 Å². The first-order valence-corrected chi connectivity index (χ1v) is 9.63. The van der Waals surface area contributed by atoms with Crippen molar-refractivity contribution in [2.45, 2.75) is 20.8 Å². The Balaban J connectivity index is 1.82. The second-order valence-corrected chi connectivity index (χ2v) is 6.09. The number of para-hydroxylation sites is 1. The molecule has 0 unspecified atom stereocenters. The second-order valence-electron chi connectivity index (χ2n) is 6.09. The van der Waals surface area contributed by atoms with Crippen LogP contribution in [0.2, 0.25) is 0 Å². The molecule has 0 aliphatic carbocycles. The summed E-state index contributed by atoms with van der Waals surface area (Å²) in [6, 6.07) is 11.1. The van der Waals surface area contributed by atoms with E-state index in [1.54, 1.807) is 18.3 Å². The fraction of sp³-hybridized carbons (Fsp3) is 0.273. The third kappa shape index (κ3) is 4.68. The number of benzene rings is 2. The van der Waals surface area contributed by atoms with E-state index in [4.69, 9.17) is 14.2 Å². The number of fused-ring (bicyclic) bond motifs is 1. The molecule has 0 radical (unpaired) electrons. The lowest BCUT2D eigenvalue weighted by atomic mass is 10.1. The van der Waals surface area contributed by atoms with Gasteiger partial charge >= 0.3 is 0 Å². The van der Waals surface area contributed by atoms with Gasteiger partial charge < -0.3 is 19.2 Å². The minimum Gasteiger partial charge on any atom is -0.490 e. The molecule has 0 atom stereocenters. The topological polar surface area (TPSA) is 84.9 Å². The Bertz CT molecular complexity index is 983. The highest BCUT2D eigenvalue weighted by atomic mass is 16.5. The average molecular weight is 395 g/mol. The maximum atomic E-state index is 12.6. The fourth-order valence-electron chi connectivity index (χ4n) is 2.95. The van der Waals surface area contributed by atoms with Gasteiger partial charge in [-0.1, -0.05) is 18.2 Å². The van der Waals surface area contributed by atoms with E-state index in [1.807, 2.05) is 51.2 Å². The molecule has 3 aromatic rings. The van der Waals surface area contributed by atoms with Crippen LogP contribution in [0.4, 0.5) is 0 Å². The molecule has 29 heavy (non-hydrogen) atoms. The summed E-state index contributed by atoms with van der Waals surface area (Å²) in [5, 5.41) is 5.12. The third-order valence-electron chi connectivity index (χ3n) is 4.16. The van der Waals surface area contributed by atoms with Crippen molar-refractivity contribution in [1.29, 1.82) is 0 Å². The largest absolute Gasteiger partial charge is 0.490 e. The predicted octanol–water partition coefficient (Wildman–Crippen LogP) is 4.13. The van der Waals surface area contributed by atoms with Gasteiger partial charge in [-0.15, -0.1) is 0 Å². The van der Waals surface area contributed by atoms with Gasteiger partial charge in [-0.3, -0.25) is 4.79 Å². The number of amides is 1. The molecule has 1 heterocycles. The molecular formula is C22H25N3O4. The number of nitrogens with zero attached hydrogens (tertiary/aromatic N) is 1. The maximum absolute atomic E-state index is 12.6. The molecule has 1 amide bonds. The normalized spacial score (nSPS) is 11.0. The summed E-state index contributed by atoms with van der Waals surface area (Å²) in [6.07, 6.45) is 3.45. The molecule has 0 fully saturated rings. The lowest BCUT2D eigenvalue weighted by Crippen LogP contribution is -2.18. The van der Waals surface area contributed by atoms with E-state index in [0.717, 1.165) is 16.5 Å². The molecule has 7 heteroatoms. The standard InChI is InChI=1S/C22H25N3O4/c1-4-27-19-11-15(12-20(28-5-2)21(19)29-6-3)22(26)25-24-14-16-13-23-18-10-8-7-9-17(16)18/h7-14,23H,4-6H2,1-3H3,(H,25,26). The smallest absolute Gasteiger partial charge is 0.271 e. The van der Waals surface area contributed by atoms with Crippen molar-refractivity contribution in [3.63, 3.8) is 0 Å². The van der Waals surface area contributed by atoms with Crippen molar-refractivity contribution in [3.8, 4) is 17.2 Å². The number of H-pyrrole nitrogens is 1. The molecule has 0 saturated carbocycles. The number of hydrogen-bond acceptors (Lipinski definition) is 5. The van der Waals surface area contributed by atoms with Crippen LogP contribution < -0.4 is 19.6 Å². The van der Waals surface area contributed by atoms with Crippen molar-refractivity contribution >= 4 is 23.0 Å². The Kier molecular flexibility index (Phi) is 6.73. The van der Waals surface area contributed by atoms with Gasteiger partial charge in [0.05, 0.1) is 26.0 Å². The molecule has 1 aromatic heterocycles. The van der Waals surface area contributed by atoms with Crippen molar-refractivity contribution < 1.29 is 19.0 Å². The lowest BCUT2D eigenvalue weighted by molar-refractivity contribution is 0.0954. The number of hydrazone groups is 1. The van der Waals surface area contributed by atoms with Gasteiger partial charge in [0.15, 0.2) is 11.5 Å². The van der Waals surface area contributed by atoms with Crippen LogP contribution in [0, 0.1) is 0 Å². The van der Waals surface area contributed by atoms with Crippen LogP contribution in [0.1, 0.15) is 36.7 Å². The first kappa shape index (κ1) is 20.3. The van der Waals surface area contributed by atoms with E-state index in [-0.39, 0.29) is 5.91 Å². The average Bonchev–Trinajstić information content (AvgIpc) is 3.13. The highest BCUT2D eigenvalue weighted by molar-refractivity contribution is 6.00. The lowest BCUT2D eigenvalue weighted by Gasteiger charge is -2.16. The summed E-state index contributed by atoms with van der Waals surface area (Å²) in [6.45, 7) is 6.96. The zero-order valence-corrected chi connectivity index (χ0v) is 16.8. The number of carbonyl (C=O) groups excluding carboxylic acids is 1. The number of aromatic nitrogens is 1. The molecule has 2 N–H and O–H groups in total. The molecule has 2 aromatic carbocycles. The molecule has 0 spiro atoms. The predicted molar refractivity (Wildman–Crippen MR) is 113 cm³/mol. The van der Waals surface area contributed by atoms with Crippen LogP contribution in [-0.2, 0) is 0 Å². The Morgan fingerprint density at radius 1 is 1.03 bits per heavy atom. The molecule has 3 rings (SSSR count). The van der Waals surface area contributed by atoms with Crippen molar-refractivity contribution in [1.82, 2.24) is 10.4 Å². The monoisotopic (exact) mass is 395 g/mol. The Labute approximate surface area is 169 Å². The second kappa shape index (κ2) is 9.64. The summed E-state index contributed by atoms with van der Waals surface area (Å²) in [5.74, 6) is 1.05. The van der Waals surface area contributed by atoms with Gasteiger partial charge in [0.2, 0.25) is 5.75 Å². The van der Waals surface area contributed by atoms with E-state index >= 15 is 0 Å². The molecule has 0 aliphatic heterocycles. The Morgan fingerprint density at radius 2 is 1.69 bits per heavy atom. The third-order valence-corrected chi connectivity index (χ3v) is 4.16. The van der Waals surface area contributed by atoms with Crippen LogP contribution in [0.25, 0.3) is 10.9 Å². The van der Waals surface area contributed by atoms with Gasteiger partial charge in [0, 0.05) is 28.2 Å². The van der Waals surface area contributed by atoms with Crippen LogP contribution in [-0.4, -0.2) is 36.9 Å². The van der Waals surface area contributed by atoms with Gasteiger partial charge in [-0.05, 0) is 39.0 Å².